The molecule has 1 aliphatic heterocycles. The minimum Gasteiger partial charge on any atom is -0.495 e. The van der Waals surface area contributed by atoms with Crippen LogP contribution in [-0.4, -0.2) is 29.2 Å². The lowest BCUT2D eigenvalue weighted by Gasteiger charge is -2.40. The number of methoxy groups -OCH3 is 1. The van der Waals surface area contributed by atoms with Crippen LogP contribution in [0, 0.1) is 11.3 Å². The van der Waals surface area contributed by atoms with Crippen molar-refractivity contribution in [2.75, 3.05) is 14.2 Å². The van der Waals surface area contributed by atoms with Gasteiger partial charge in [0.1, 0.15) is 17.1 Å². The standard InChI is InChI=1S/C24H20N2O3.C7H10N2/c1-28-20-14-26-15-21-22(20)23(27)12-11-19(17-5-3-2-4-6-17)24(23,29-21)18-9-7-16(13-25)8-10-18;1-8-5-7-3-2-4-9-6-7/h2-10,14-15,19,27H,11-12H2,1H3;2-4,6,8H,5H2,1H3/t19-,23+,24-;/m0./s1. The van der Waals surface area contributed by atoms with Gasteiger partial charge in [-0.05, 0) is 54.8 Å². The van der Waals surface area contributed by atoms with E-state index in [1.54, 1.807) is 37.8 Å². The molecule has 7 nitrogen and oxygen atoms in total. The lowest BCUT2D eigenvalue weighted by molar-refractivity contribution is -0.106. The Morgan fingerprint density at radius 1 is 1.05 bits per heavy atom. The van der Waals surface area contributed by atoms with Gasteiger partial charge in [0, 0.05) is 24.9 Å². The Bertz CT molecular complexity index is 1420. The highest BCUT2D eigenvalue weighted by atomic mass is 16.5. The highest BCUT2D eigenvalue weighted by Crippen LogP contribution is 2.67. The summed E-state index contributed by atoms with van der Waals surface area (Å²) in [6.45, 7) is 0.897. The van der Waals surface area contributed by atoms with Crippen molar-refractivity contribution in [1.29, 1.82) is 5.26 Å². The highest BCUT2D eigenvalue weighted by molar-refractivity contribution is 5.57. The molecule has 6 rings (SSSR count). The van der Waals surface area contributed by atoms with E-state index in [9.17, 15) is 10.4 Å². The number of hydrogen-bond acceptors (Lipinski definition) is 7. The fourth-order valence-corrected chi connectivity index (χ4v) is 5.82. The molecule has 1 saturated carbocycles. The van der Waals surface area contributed by atoms with Gasteiger partial charge in [-0.1, -0.05) is 48.5 Å². The van der Waals surface area contributed by atoms with Gasteiger partial charge in [-0.15, -0.1) is 0 Å². The largest absolute Gasteiger partial charge is 0.495 e. The van der Waals surface area contributed by atoms with Crippen LogP contribution in [0.4, 0.5) is 0 Å². The Morgan fingerprint density at radius 2 is 1.84 bits per heavy atom. The number of rotatable bonds is 5. The Labute approximate surface area is 222 Å². The van der Waals surface area contributed by atoms with Gasteiger partial charge < -0.3 is 19.9 Å². The van der Waals surface area contributed by atoms with Crippen LogP contribution in [-0.2, 0) is 17.7 Å². The number of aliphatic hydroxyl groups is 1. The molecule has 0 unspecified atom stereocenters. The molecule has 0 bridgehead atoms. The summed E-state index contributed by atoms with van der Waals surface area (Å²) in [5.74, 6) is 0.991. The third kappa shape index (κ3) is 4.18. The van der Waals surface area contributed by atoms with Crippen LogP contribution in [0.3, 0.4) is 0 Å². The molecule has 0 saturated heterocycles. The average Bonchev–Trinajstić information content (AvgIpc) is 3.41. The minimum atomic E-state index is -1.27. The van der Waals surface area contributed by atoms with E-state index in [1.807, 2.05) is 55.7 Å². The molecule has 0 radical (unpaired) electrons. The molecule has 2 aromatic heterocycles. The van der Waals surface area contributed by atoms with Crippen LogP contribution in [0.5, 0.6) is 11.5 Å². The van der Waals surface area contributed by atoms with E-state index in [0.717, 1.165) is 24.1 Å². The summed E-state index contributed by atoms with van der Waals surface area (Å²) in [6.07, 6.45) is 8.17. The van der Waals surface area contributed by atoms with Crippen LogP contribution < -0.4 is 14.8 Å². The lowest BCUT2D eigenvalue weighted by Crippen LogP contribution is -2.48. The fourth-order valence-electron chi connectivity index (χ4n) is 5.82. The molecule has 2 aliphatic rings. The zero-order valence-electron chi connectivity index (χ0n) is 21.5. The highest BCUT2D eigenvalue weighted by Gasteiger charge is 2.69. The zero-order valence-corrected chi connectivity index (χ0v) is 21.5. The second-order valence-corrected chi connectivity index (χ2v) is 9.50. The summed E-state index contributed by atoms with van der Waals surface area (Å²) in [4.78, 5) is 8.19. The van der Waals surface area contributed by atoms with Crippen LogP contribution in [0.1, 0.15) is 46.6 Å². The molecule has 38 heavy (non-hydrogen) atoms. The summed E-state index contributed by atoms with van der Waals surface area (Å²) in [5, 5.41) is 24.4. The van der Waals surface area contributed by atoms with E-state index >= 15 is 0 Å². The number of ether oxygens (including phenoxy) is 2. The molecule has 2 N–H and O–H groups in total. The number of hydrogen-bond donors (Lipinski definition) is 2. The van der Waals surface area contributed by atoms with Crippen molar-refractivity contribution >= 4 is 0 Å². The van der Waals surface area contributed by atoms with Crippen LogP contribution >= 0.6 is 0 Å². The van der Waals surface area contributed by atoms with E-state index in [-0.39, 0.29) is 5.92 Å². The third-order valence-corrected chi connectivity index (χ3v) is 7.43. The maximum atomic E-state index is 12.2. The molecule has 192 valence electrons. The molecular formula is C31H30N4O3. The van der Waals surface area contributed by atoms with Gasteiger partial charge in [-0.3, -0.25) is 9.97 Å². The summed E-state index contributed by atoms with van der Waals surface area (Å²) in [5.41, 5.74) is 2.08. The molecule has 1 aliphatic carbocycles. The molecule has 7 heteroatoms. The van der Waals surface area contributed by atoms with Crippen molar-refractivity contribution in [3.63, 3.8) is 0 Å². The molecule has 0 spiro atoms. The van der Waals surface area contributed by atoms with Crippen LogP contribution in [0.15, 0.2) is 91.5 Å². The first-order valence-corrected chi connectivity index (χ1v) is 12.6. The van der Waals surface area contributed by atoms with Gasteiger partial charge in [0.2, 0.25) is 0 Å². The van der Waals surface area contributed by atoms with Gasteiger partial charge in [-0.2, -0.15) is 5.26 Å². The Kier molecular flexibility index (Phi) is 7.10. The number of nitrogens with one attached hydrogen (secondary N) is 1. The second kappa shape index (κ2) is 10.6. The van der Waals surface area contributed by atoms with Crippen molar-refractivity contribution in [2.24, 2.45) is 0 Å². The summed E-state index contributed by atoms with van der Waals surface area (Å²) in [6, 6.07) is 23.6. The van der Waals surface area contributed by atoms with E-state index in [0.29, 0.717) is 29.0 Å². The van der Waals surface area contributed by atoms with Crippen molar-refractivity contribution in [3.05, 3.63) is 119 Å². The van der Waals surface area contributed by atoms with E-state index < -0.39 is 11.2 Å². The molecule has 1 fully saturated rings. The molecule has 4 aromatic rings. The van der Waals surface area contributed by atoms with E-state index in [4.69, 9.17) is 9.47 Å². The first kappa shape index (κ1) is 25.4. The SMILES string of the molecule is CNCc1cccnc1.COc1cncc2c1[C@]1(O)CC[C@@H](c3ccccc3)[C@]1(c1ccc(C#N)cc1)O2. The Hall–Kier alpha value is -4.25. The number of pyridine rings is 2. The monoisotopic (exact) mass is 506 g/mol. The number of nitriles is 1. The van der Waals surface area contributed by atoms with Gasteiger partial charge >= 0.3 is 0 Å². The second-order valence-electron chi connectivity index (χ2n) is 9.50. The topological polar surface area (TPSA) is 100 Å². The normalized spacial score (nSPS) is 22.7. The predicted molar refractivity (Wildman–Crippen MR) is 144 cm³/mol. The lowest BCUT2D eigenvalue weighted by atomic mass is 9.71. The van der Waals surface area contributed by atoms with E-state index in [1.165, 1.54) is 5.56 Å². The third-order valence-electron chi connectivity index (χ3n) is 7.43. The first-order valence-electron chi connectivity index (χ1n) is 12.6. The van der Waals surface area contributed by atoms with Crippen LogP contribution in [0.2, 0.25) is 0 Å². The van der Waals surface area contributed by atoms with Crippen LogP contribution in [0.25, 0.3) is 0 Å². The molecule has 3 heterocycles. The predicted octanol–water partition coefficient (Wildman–Crippen LogP) is 4.82. The Balaban J connectivity index is 0.000000278. The van der Waals surface area contributed by atoms with Crippen molar-refractivity contribution in [1.82, 2.24) is 15.3 Å². The summed E-state index contributed by atoms with van der Waals surface area (Å²) < 4.78 is 12.2. The molecule has 0 amide bonds. The number of nitrogens with zero attached hydrogens (tertiary/aromatic N) is 3. The van der Waals surface area contributed by atoms with Crippen molar-refractivity contribution < 1.29 is 14.6 Å². The molecule has 3 atom stereocenters. The van der Waals surface area contributed by atoms with Gasteiger partial charge in [0.15, 0.2) is 5.60 Å². The maximum absolute atomic E-state index is 12.2. The summed E-state index contributed by atoms with van der Waals surface area (Å²) in [7, 11) is 3.50. The maximum Gasteiger partial charge on any atom is 0.174 e. The number of benzene rings is 2. The zero-order chi connectivity index (χ0) is 26.6. The smallest absolute Gasteiger partial charge is 0.174 e. The quantitative estimate of drug-likeness (QED) is 0.400. The van der Waals surface area contributed by atoms with Gasteiger partial charge in [0.05, 0.1) is 36.7 Å². The fraction of sp³-hybridized carbons (Fsp3) is 0.258. The van der Waals surface area contributed by atoms with Gasteiger partial charge in [0.25, 0.3) is 0 Å². The number of fused-ring (bicyclic) bond motifs is 3. The minimum absolute atomic E-state index is 0.0706. The van der Waals surface area contributed by atoms with Crippen molar-refractivity contribution in [3.8, 4) is 17.6 Å². The molecular weight excluding hydrogens is 476 g/mol. The van der Waals surface area contributed by atoms with E-state index in [2.05, 4.69) is 33.5 Å². The average molecular weight is 507 g/mol. The first-order chi connectivity index (χ1) is 18.6. The van der Waals surface area contributed by atoms with Gasteiger partial charge in [-0.25, -0.2) is 0 Å². The molecule has 2 aromatic carbocycles. The Morgan fingerprint density at radius 3 is 2.50 bits per heavy atom. The van der Waals surface area contributed by atoms with Crippen molar-refractivity contribution in [2.45, 2.75) is 36.5 Å². The number of aromatic nitrogens is 2. The summed E-state index contributed by atoms with van der Waals surface area (Å²) >= 11 is 0.